The van der Waals surface area contributed by atoms with E-state index < -0.39 is 0 Å². The molecule has 1 aliphatic heterocycles. The third-order valence-corrected chi connectivity index (χ3v) is 6.88. The minimum Gasteiger partial charge on any atom is -0.353 e. The van der Waals surface area contributed by atoms with Gasteiger partial charge in [0, 0.05) is 37.4 Å². The highest BCUT2D eigenvalue weighted by atomic mass is 35.5. The molecular weight excluding hydrogens is 483 g/mol. The number of benzene rings is 2. The van der Waals surface area contributed by atoms with Gasteiger partial charge >= 0.3 is 6.03 Å². The fraction of sp³-hybridized carbons (Fsp3) is 0.407. The van der Waals surface area contributed by atoms with Crippen LogP contribution in [0.1, 0.15) is 43.2 Å². The van der Waals surface area contributed by atoms with Gasteiger partial charge in [-0.1, -0.05) is 53.9 Å². The van der Waals surface area contributed by atoms with Crippen LogP contribution in [0.2, 0.25) is 10.0 Å². The van der Waals surface area contributed by atoms with E-state index in [2.05, 4.69) is 20.9 Å². The average Bonchev–Trinajstić information content (AvgIpc) is 2.84. The SMILES string of the molecule is Cc1ccccc1NC(=O)NC1CCN(CCCCCNC(=O)/C=C/c2ccc(Cl)c(Cl)c2)CC1. The highest BCUT2D eigenvalue weighted by Gasteiger charge is 2.20. The molecule has 3 rings (SSSR count). The van der Waals surface area contributed by atoms with Crippen molar-refractivity contribution in [3.8, 4) is 0 Å². The molecule has 8 heteroatoms. The molecule has 3 N–H and O–H groups in total. The predicted molar refractivity (Wildman–Crippen MR) is 145 cm³/mol. The molecule has 2 aromatic rings. The zero-order valence-electron chi connectivity index (χ0n) is 20.2. The summed E-state index contributed by atoms with van der Waals surface area (Å²) < 4.78 is 0. The van der Waals surface area contributed by atoms with Crippen LogP contribution in [0, 0.1) is 6.92 Å². The Kier molecular flexibility index (Phi) is 10.9. The summed E-state index contributed by atoms with van der Waals surface area (Å²) in [5.74, 6) is -0.114. The molecule has 0 bridgehead atoms. The zero-order valence-corrected chi connectivity index (χ0v) is 21.7. The molecule has 1 fully saturated rings. The van der Waals surface area contributed by atoms with E-state index in [-0.39, 0.29) is 18.0 Å². The largest absolute Gasteiger partial charge is 0.353 e. The first-order valence-corrected chi connectivity index (χ1v) is 12.9. The number of aryl methyl sites for hydroxylation is 1. The van der Waals surface area contributed by atoms with Crippen molar-refractivity contribution in [1.29, 1.82) is 0 Å². The molecule has 3 amide bonds. The number of urea groups is 1. The van der Waals surface area contributed by atoms with E-state index >= 15 is 0 Å². The monoisotopic (exact) mass is 516 g/mol. The van der Waals surface area contributed by atoms with Crippen LogP contribution in [0.5, 0.6) is 0 Å². The number of carbonyl (C=O) groups excluding carboxylic acids is 2. The number of amides is 3. The van der Waals surface area contributed by atoms with Crippen LogP contribution in [-0.4, -0.2) is 49.1 Å². The van der Waals surface area contributed by atoms with E-state index in [0.717, 1.165) is 68.6 Å². The number of para-hydroxylation sites is 1. The summed E-state index contributed by atoms with van der Waals surface area (Å²) in [6, 6.07) is 13.1. The van der Waals surface area contributed by atoms with Gasteiger partial charge in [0.1, 0.15) is 0 Å². The van der Waals surface area contributed by atoms with Gasteiger partial charge < -0.3 is 20.9 Å². The molecule has 188 valence electrons. The molecule has 35 heavy (non-hydrogen) atoms. The smallest absolute Gasteiger partial charge is 0.319 e. The topological polar surface area (TPSA) is 73.5 Å². The Morgan fingerprint density at radius 3 is 2.54 bits per heavy atom. The van der Waals surface area contributed by atoms with Gasteiger partial charge in [0.25, 0.3) is 0 Å². The Hall–Kier alpha value is -2.54. The van der Waals surface area contributed by atoms with Crippen molar-refractivity contribution >= 4 is 46.9 Å². The molecule has 0 unspecified atom stereocenters. The van der Waals surface area contributed by atoms with Gasteiger partial charge in [0.05, 0.1) is 10.0 Å². The highest BCUT2D eigenvalue weighted by Crippen LogP contribution is 2.23. The van der Waals surface area contributed by atoms with Crippen molar-refractivity contribution in [1.82, 2.24) is 15.5 Å². The van der Waals surface area contributed by atoms with E-state index in [9.17, 15) is 9.59 Å². The summed E-state index contributed by atoms with van der Waals surface area (Å²) in [5.41, 5.74) is 2.73. The van der Waals surface area contributed by atoms with Crippen LogP contribution >= 0.6 is 23.2 Å². The van der Waals surface area contributed by atoms with Crippen LogP contribution in [-0.2, 0) is 4.79 Å². The third-order valence-electron chi connectivity index (χ3n) is 6.14. The Bertz CT molecular complexity index is 1020. The van der Waals surface area contributed by atoms with E-state index in [1.165, 1.54) is 6.08 Å². The van der Waals surface area contributed by atoms with Crippen molar-refractivity contribution in [3.05, 3.63) is 69.7 Å². The number of hydrogen-bond acceptors (Lipinski definition) is 3. The number of nitrogens with zero attached hydrogens (tertiary/aromatic N) is 1. The molecule has 1 saturated heterocycles. The van der Waals surface area contributed by atoms with Crippen molar-refractivity contribution in [2.75, 3.05) is 31.5 Å². The predicted octanol–water partition coefficient (Wildman–Crippen LogP) is 5.89. The van der Waals surface area contributed by atoms with Gasteiger partial charge in [0.15, 0.2) is 0 Å². The number of unbranched alkanes of at least 4 members (excludes halogenated alkanes) is 2. The van der Waals surface area contributed by atoms with Crippen molar-refractivity contribution in [2.24, 2.45) is 0 Å². The van der Waals surface area contributed by atoms with E-state index in [4.69, 9.17) is 23.2 Å². The van der Waals surface area contributed by atoms with Gasteiger partial charge in [0.2, 0.25) is 5.91 Å². The van der Waals surface area contributed by atoms with Crippen LogP contribution < -0.4 is 16.0 Å². The van der Waals surface area contributed by atoms with E-state index in [0.29, 0.717) is 16.6 Å². The second kappa shape index (κ2) is 14.1. The number of nitrogens with one attached hydrogen (secondary N) is 3. The molecule has 1 aliphatic rings. The molecule has 2 aromatic carbocycles. The molecule has 1 heterocycles. The molecule has 0 spiro atoms. The van der Waals surface area contributed by atoms with Crippen LogP contribution in [0.15, 0.2) is 48.5 Å². The first kappa shape index (κ1) is 27.1. The molecule has 0 saturated carbocycles. The summed E-state index contributed by atoms with van der Waals surface area (Å²) in [4.78, 5) is 26.7. The summed E-state index contributed by atoms with van der Waals surface area (Å²) in [6.45, 7) is 5.68. The highest BCUT2D eigenvalue weighted by molar-refractivity contribution is 6.42. The minimum absolute atomic E-state index is 0.114. The summed E-state index contributed by atoms with van der Waals surface area (Å²) >= 11 is 11.9. The van der Waals surface area contributed by atoms with Crippen LogP contribution in [0.4, 0.5) is 10.5 Å². The Balaban J connectivity index is 1.22. The molecular formula is C27H34Cl2N4O2. The summed E-state index contributed by atoms with van der Waals surface area (Å²) in [7, 11) is 0. The van der Waals surface area contributed by atoms with Gasteiger partial charge in [-0.2, -0.15) is 0 Å². The number of hydrogen-bond donors (Lipinski definition) is 3. The van der Waals surface area contributed by atoms with Crippen molar-refractivity contribution in [3.63, 3.8) is 0 Å². The van der Waals surface area contributed by atoms with Gasteiger partial charge in [-0.05, 0) is 74.6 Å². The Labute approximate surface area is 218 Å². The second-order valence-corrected chi connectivity index (χ2v) is 9.70. The molecule has 0 aromatic heterocycles. The van der Waals surface area contributed by atoms with E-state index in [1.807, 2.05) is 37.3 Å². The maximum Gasteiger partial charge on any atom is 0.319 e. The van der Waals surface area contributed by atoms with Crippen molar-refractivity contribution < 1.29 is 9.59 Å². The Morgan fingerprint density at radius 1 is 1.03 bits per heavy atom. The average molecular weight is 518 g/mol. The molecule has 0 aliphatic carbocycles. The lowest BCUT2D eigenvalue weighted by Crippen LogP contribution is -2.46. The standard InChI is InChI=1S/C27H34Cl2N4O2/c1-20-7-3-4-8-25(20)32-27(35)31-22-13-17-33(18-14-22)16-6-2-5-15-30-26(34)12-10-21-9-11-23(28)24(29)19-21/h3-4,7-12,19,22H,2,5-6,13-18H2,1H3,(H,30,34)(H2,31,32,35)/b12-10+. The third kappa shape index (κ3) is 9.55. The number of rotatable bonds is 10. The second-order valence-electron chi connectivity index (χ2n) is 8.89. The number of anilines is 1. The van der Waals surface area contributed by atoms with Gasteiger partial charge in [-0.25, -0.2) is 4.79 Å². The van der Waals surface area contributed by atoms with Gasteiger partial charge in [-0.15, -0.1) is 0 Å². The maximum absolute atomic E-state index is 12.3. The maximum atomic E-state index is 12.3. The fourth-order valence-corrected chi connectivity index (χ4v) is 4.36. The first-order valence-electron chi connectivity index (χ1n) is 12.2. The quantitative estimate of drug-likeness (QED) is 0.272. The number of carbonyl (C=O) groups is 2. The molecule has 6 nitrogen and oxygen atoms in total. The lowest BCUT2D eigenvalue weighted by Gasteiger charge is -2.32. The van der Waals surface area contributed by atoms with E-state index in [1.54, 1.807) is 18.2 Å². The first-order chi connectivity index (χ1) is 16.9. The minimum atomic E-state index is -0.133. The van der Waals surface area contributed by atoms with Crippen LogP contribution in [0.3, 0.4) is 0 Å². The van der Waals surface area contributed by atoms with Crippen molar-refractivity contribution in [2.45, 2.75) is 45.1 Å². The Morgan fingerprint density at radius 2 is 1.80 bits per heavy atom. The van der Waals surface area contributed by atoms with Crippen LogP contribution in [0.25, 0.3) is 6.08 Å². The lowest BCUT2D eigenvalue weighted by molar-refractivity contribution is -0.116. The lowest BCUT2D eigenvalue weighted by atomic mass is 10.0. The molecule has 0 atom stereocenters. The summed E-state index contributed by atoms with van der Waals surface area (Å²) in [6.07, 6.45) is 8.27. The normalized spacial score (nSPS) is 14.7. The number of halogens is 2. The molecule has 0 radical (unpaired) electrons. The number of likely N-dealkylation sites (tertiary alicyclic amines) is 1. The summed E-state index contributed by atoms with van der Waals surface area (Å²) in [5, 5.41) is 9.93. The fourth-order valence-electron chi connectivity index (χ4n) is 4.05. The zero-order chi connectivity index (χ0) is 25.0. The van der Waals surface area contributed by atoms with Gasteiger partial charge in [-0.3, -0.25) is 4.79 Å². The number of piperidine rings is 1.